The first-order valence-electron chi connectivity index (χ1n) is 6.50. The number of allylic oxidation sites excluding steroid dienone is 3. The fraction of sp³-hybridized carbons (Fsp3) is 0.600. The molecule has 0 aromatic heterocycles. The lowest BCUT2D eigenvalue weighted by Crippen LogP contribution is -2.46. The maximum Gasteiger partial charge on any atom is 0.329 e. The van der Waals surface area contributed by atoms with E-state index in [1.807, 2.05) is 26.8 Å². The second kappa shape index (κ2) is 7.77. The monoisotopic (exact) mass is 267 g/mol. The first kappa shape index (κ1) is 17.4. The highest BCUT2D eigenvalue weighted by molar-refractivity contribution is 5.91. The summed E-state index contributed by atoms with van der Waals surface area (Å²) in [6.07, 6.45) is 6.58. The lowest BCUT2D eigenvalue weighted by Gasteiger charge is -2.26. The van der Waals surface area contributed by atoms with Crippen LogP contribution in [0.3, 0.4) is 0 Å². The lowest BCUT2D eigenvalue weighted by atomic mass is 10.0. The van der Waals surface area contributed by atoms with E-state index in [0.29, 0.717) is 0 Å². The van der Waals surface area contributed by atoms with Gasteiger partial charge >= 0.3 is 5.97 Å². The Bertz CT molecular complexity index is 362. The van der Waals surface area contributed by atoms with Gasteiger partial charge in [-0.2, -0.15) is 0 Å². The van der Waals surface area contributed by atoms with Gasteiger partial charge in [0, 0.05) is 6.08 Å². The summed E-state index contributed by atoms with van der Waals surface area (Å²) in [6, 6.07) is -0.637. The van der Waals surface area contributed by atoms with E-state index in [1.165, 1.54) is 6.08 Å². The van der Waals surface area contributed by atoms with Crippen molar-refractivity contribution in [2.45, 2.75) is 53.2 Å². The van der Waals surface area contributed by atoms with Crippen LogP contribution in [0.25, 0.3) is 0 Å². The molecule has 1 N–H and O–H groups in total. The van der Waals surface area contributed by atoms with Crippen LogP contribution in [0.4, 0.5) is 0 Å². The van der Waals surface area contributed by atoms with Gasteiger partial charge in [-0.25, -0.2) is 4.79 Å². The predicted octanol–water partition coefficient (Wildman–Crippen LogP) is 2.60. The van der Waals surface area contributed by atoms with Gasteiger partial charge in [0.05, 0.1) is 0 Å². The summed E-state index contributed by atoms with van der Waals surface area (Å²) in [6.45, 7) is 11.0. The van der Waals surface area contributed by atoms with E-state index in [9.17, 15) is 9.59 Å². The summed E-state index contributed by atoms with van der Waals surface area (Å²) in [7, 11) is 0. The fourth-order valence-corrected chi connectivity index (χ4v) is 1.32. The molecule has 0 bridgehead atoms. The minimum Gasteiger partial charge on any atom is -0.458 e. The molecule has 0 aliphatic carbocycles. The summed E-state index contributed by atoms with van der Waals surface area (Å²) in [5.41, 5.74) is -0.560. The van der Waals surface area contributed by atoms with Crippen LogP contribution in [0.15, 0.2) is 24.3 Å². The van der Waals surface area contributed by atoms with Gasteiger partial charge in [-0.15, -0.1) is 0 Å². The first-order valence-corrected chi connectivity index (χ1v) is 6.50. The van der Waals surface area contributed by atoms with Crippen molar-refractivity contribution in [2.75, 3.05) is 0 Å². The number of amides is 1. The molecule has 0 aliphatic rings. The van der Waals surface area contributed by atoms with Crippen molar-refractivity contribution in [1.82, 2.24) is 5.32 Å². The largest absolute Gasteiger partial charge is 0.458 e. The van der Waals surface area contributed by atoms with E-state index in [0.717, 1.165) is 0 Å². The summed E-state index contributed by atoms with van der Waals surface area (Å²) in [4.78, 5) is 23.7. The van der Waals surface area contributed by atoms with Gasteiger partial charge in [-0.05, 0) is 33.6 Å². The van der Waals surface area contributed by atoms with Crippen molar-refractivity contribution >= 4 is 11.9 Å². The van der Waals surface area contributed by atoms with Gasteiger partial charge in [-0.3, -0.25) is 4.79 Å². The molecule has 0 aliphatic heterocycles. The smallest absolute Gasteiger partial charge is 0.329 e. The van der Waals surface area contributed by atoms with Gasteiger partial charge < -0.3 is 10.1 Å². The number of hydrogen-bond donors (Lipinski definition) is 1. The molecule has 1 amide bonds. The second-order valence-corrected chi connectivity index (χ2v) is 5.65. The van der Waals surface area contributed by atoms with Crippen LogP contribution in [0.1, 0.15) is 41.5 Å². The molecular formula is C15H25NO3. The van der Waals surface area contributed by atoms with Crippen molar-refractivity contribution < 1.29 is 14.3 Å². The summed E-state index contributed by atoms with van der Waals surface area (Å²) < 4.78 is 5.30. The third-order valence-corrected chi connectivity index (χ3v) is 2.18. The van der Waals surface area contributed by atoms with Crippen LogP contribution in [-0.4, -0.2) is 23.5 Å². The maximum absolute atomic E-state index is 12.0. The quantitative estimate of drug-likeness (QED) is 0.473. The Morgan fingerprint density at radius 2 is 1.74 bits per heavy atom. The molecular weight excluding hydrogens is 242 g/mol. The molecule has 0 fully saturated rings. The highest BCUT2D eigenvalue weighted by atomic mass is 16.6. The average Bonchev–Trinajstić information content (AvgIpc) is 2.23. The van der Waals surface area contributed by atoms with Crippen molar-refractivity contribution in [1.29, 1.82) is 0 Å². The molecule has 108 valence electrons. The maximum atomic E-state index is 12.0. The molecule has 0 spiro atoms. The van der Waals surface area contributed by atoms with Crippen LogP contribution in [0, 0.1) is 5.92 Å². The van der Waals surface area contributed by atoms with E-state index in [1.54, 1.807) is 32.9 Å². The molecule has 0 unspecified atom stereocenters. The summed E-state index contributed by atoms with van der Waals surface area (Å²) >= 11 is 0. The molecule has 0 saturated carbocycles. The number of rotatable bonds is 5. The Hall–Kier alpha value is -1.58. The van der Waals surface area contributed by atoms with Crippen LogP contribution in [-0.2, 0) is 14.3 Å². The van der Waals surface area contributed by atoms with Crippen molar-refractivity contribution in [3.63, 3.8) is 0 Å². The van der Waals surface area contributed by atoms with Gasteiger partial charge in [0.25, 0.3) is 0 Å². The fourth-order valence-electron chi connectivity index (χ4n) is 1.32. The molecule has 0 radical (unpaired) electrons. The van der Waals surface area contributed by atoms with Crippen molar-refractivity contribution in [3.05, 3.63) is 24.3 Å². The Kier molecular flexibility index (Phi) is 7.12. The second-order valence-electron chi connectivity index (χ2n) is 5.65. The normalized spacial score (nSPS) is 14.1. The molecule has 4 heteroatoms. The summed E-state index contributed by atoms with van der Waals surface area (Å²) in [5.74, 6) is -0.744. The number of carbonyl (C=O) groups excluding carboxylic acids is 2. The molecule has 1 atom stereocenters. The standard InChI is InChI=1S/C15H25NO3/c1-7-8-9-10-12(17)16-13(11(2)3)14(18)19-15(4,5)6/h7-11,13H,1-6H3,(H,16,17)/b8-7+,10-9?/t13-/m1/s1. The number of nitrogens with one attached hydrogen (secondary N) is 1. The average molecular weight is 267 g/mol. The Balaban J connectivity index is 4.66. The van der Waals surface area contributed by atoms with Crippen LogP contribution < -0.4 is 5.32 Å². The van der Waals surface area contributed by atoms with E-state index in [4.69, 9.17) is 4.74 Å². The van der Waals surface area contributed by atoms with Gasteiger partial charge in [-0.1, -0.05) is 32.1 Å². The zero-order valence-electron chi connectivity index (χ0n) is 12.7. The molecule has 19 heavy (non-hydrogen) atoms. The molecule has 4 nitrogen and oxygen atoms in total. The third-order valence-electron chi connectivity index (χ3n) is 2.18. The van der Waals surface area contributed by atoms with Gasteiger partial charge in [0.1, 0.15) is 11.6 Å². The number of esters is 1. The van der Waals surface area contributed by atoms with Crippen LogP contribution in [0.5, 0.6) is 0 Å². The minimum absolute atomic E-state index is 0.0334. The summed E-state index contributed by atoms with van der Waals surface area (Å²) in [5, 5.41) is 2.66. The van der Waals surface area contributed by atoms with Crippen LogP contribution >= 0.6 is 0 Å². The van der Waals surface area contributed by atoms with E-state index < -0.39 is 17.6 Å². The van der Waals surface area contributed by atoms with E-state index in [2.05, 4.69) is 5.32 Å². The van der Waals surface area contributed by atoms with E-state index in [-0.39, 0.29) is 11.8 Å². The highest BCUT2D eigenvalue weighted by Crippen LogP contribution is 2.12. The molecule has 0 saturated heterocycles. The van der Waals surface area contributed by atoms with Gasteiger partial charge in [0.2, 0.25) is 5.91 Å². The van der Waals surface area contributed by atoms with Gasteiger partial charge in [0.15, 0.2) is 0 Å². The minimum atomic E-state index is -0.637. The first-order chi connectivity index (χ1) is 8.67. The Morgan fingerprint density at radius 1 is 1.16 bits per heavy atom. The Morgan fingerprint density at radius 3 is 2.16 bits per heavy atom. The molecule has 0 heterocycles. The number of carbonyl (C=O) groups is 2. The molecule has 0 rings (SSSR count). The third kappa shape index (κ3) is 8.19. The van der Waals surface area contributed by atoms with Crippen molar-refractivity contribution in [3.8, 4) is 0 Å². The highest BCUT2D eigenvalue weighted by Gasteiger charge is 2.28. The Labute approximate surface area is 115 Å². The molecule has 0 aromatic carbocycles. The lowest BCUT2D eigenvalue weighted by molar-refractivity contribution is -0.159. The molecule has 0 aromatic rings. The topological polar surface area (TPSA) is 55.4 Å². The SMILES string of the molecule is C/C=C/C=CC(=O)N[C@@H](C(=O)OC(C)(C)C)C(C)C. The van der Waals surface area contributed by atoms with E-state index >= 15 is 0 Å². The zero-order chi connectivity index (χ0) is 15.1. The zero-order valence-corrected chi connectivity index (χ0v) is 12.7. The number of hydrogen-bond acceptors (Lipinski definition) is 3. The number of ether oxygens (including phenoxy) is 1. The van der Waals surface area contributed by atoms with Crippen molar-refractivity contribution in [2.24, 2.45) is 5.92 Å². The van der Waals surface area contributed by atoms with Crippen LogP contribution in [0.2, 0.25) is 0 Å². The predicted molar refractivity (Wildman–Crippen MR) is 76.6 cm³/mol.